The van der Waals surface area contributed by atoms with Gasteiger partial charge in [-0.05, 0) is 12.1 Å². The molecule has 0 aliphatic heterocycles. The van der Waals surface area contributed by atoms with Crippen molar-refractivity contribution in [2.75, 3.05) is 7.11 Å². The fraction of sp³-hybridized carbons (Fsp3) is 0.111. The Kier molecular flexibility index (Phi) is 2.60. The second-order valence-electron chi connectivity index (χ2n) is 2.28. The number of aldehydes is 1. The Morgan fingerprint density at radius 2 is 2.31 bits per heavy atom. The Morgan fingerprint density at radius 3 is 2.77 bits per heavy atom. The molecule has 0 saturated carbocycles. The molecule has 66 valence electrons. The van der Waals surface area contributed by atoms with Gasteiger partial charge in [0.25, 0.3) is 0 Å². The van der Waals surface area contributed by atoms with Gasteiger partial charge in [0.1, 0.15) is 11.6 Å². The van der Waals surface area contributed by atoms with E-state index >= 15 is 0 Å². The highest BCUT2D eigenvalue weighted by atomic mass is 19.1. The topological polar surface area (TPSA) is 50.1 Å². The van der Waals surface area contributed by atoms with Crippen LogP contribution in [-0.2, 0) is 0 Å². The molecular formula is C9H6FNO2. The predicted octanol–water partition coefficient (Wildman–Crippen LogP) is 1.52. The molecule has 3 nitrogen and oxygen atoms in total. The van der Waals surface area contributed by atoms with Crippen molar-refractivity contribution in [3.05, 3.63) is 29.1 Å². The summed E-state index contributed by atoms with van der Waals surface area (Å²) in [6, 6.07) is 4.25. The number of methoxy groups -OCH3 is 1. The van der Waals surface area contributed by atoms with E-state index in [1.807, 2.05) is 0 Å². The molecule has 0 radical (unpaired) electrons. The second-order valence-corrected chi connectivity index (χ2v) is 2.28. The van der Waals surface area contributed by atoms with Crippen molar-refractivity contribution in [3.8, 4) is 11.8 Å². The summed E-state index contributed by atoms with van der Waals surface area (Å²) in [5.74, 6) is -0.836. The summed E-state index contributed by atoms with van der Waals surface area (Å²) < 4.78 is 17.9. The average Bonchev–Trinajstić information content (AvgIpc) is 2.17. The fourth-order valence-electron chi connectivity index (χ4n) is 0.941. The molecule has 1 aromatic carbocycles. The third kappa shape index (κ3) is 1.49. The van der Waals surface area contributed by atoms with Crippen LogP contribution in [0.1, 0.15) is 15.9 Å². The molecule has 0 unspecified atom stereocenters. The summed E-state index contributed by atoms with van der Waals surface area (Å²) in [5, 5.41) is 8.55. The number of carbonyl (C=O) groups excluding carboxylic acids is 1. The molecule has 13 heavy (non-hydrogen) atoms. The second kappa shape index (κ2) is 3.68. The molecule has 0 saturated heterocycles. The van der Waals surface area contributed by atoms with Gasteiger partial charge in [-0.3, -0.25) is 4.79 Å². The summed E-state index contributed by atoms with van der Waals surface area (Å²) >= 11 is 0. The number of halogens is 1. The van der Waals surface area contributed by atoms with Crippen LogP contribution in [0.4, 0.5) is 4.39 Å². The standard InChI is InChI=1S/C9H6FNO2/c1-13-8-3-2-6(5-12)7(4-11)9(8)10/h2-3,5H,1H3. The van der Waals surface area contributed by atoms with Crippen molar-refractivity contribution in [2.24, 2.45) is 0 Å². The molecule has 0 heterocycles. The maximum Gasteiger partial charge on any atom is 0.183 e. The van der Waals surface area contributed by atoms with E-state index in [0.717, 1.165) is 0 Å². The number of nitriles is 1. The van der Waals surface area contributed by atoms with Gasteiger partial charge in [0.15, 0.2) is 17.9 Å². The number of hydrogen-bond donors (Lipinski definition) is 0. The van der Waals surface area contributed by atoms with Crippen LogP contribution in [0.15, 0.2) is 12.1 Å². The number of benzene rings is 1. The van der Waals surface area contributed by atoms with Gasteiger partial charge in [-0.1, -0.05) is 0 Å². The van der Waals surface area contributed by atoms with E-state index in [-0.39, 0.29) is 16.9 Å². The monoisotopic (exact) mass is 179 g/mol. The highest BCUT2D eigenvalue weighted by Crippen LogP contribution is 2.21. The first kappa shape index (κ1) is 9.20. The zero-order chi connectivity index (χ0) is 9.84. The molecule has 0 atom stereocenters. The van der Waals surface area contributed by atoms with Crippen molar-refractivity contribution in [1.82, 2.24) is 0 Å². The maximum absolute atomic E-state index is 13.2. The summed E-state index contributed by atoms with van der Waals surface area (Å²) in [7, 11) is 1.29. The molecular weight excluding hydrogens is 173 g/mol. The van der Waals surface area contributed by atoms with Crippen molar-refractivity contribution in [1.29, 1.82) is 5.26 Å². The zero-order valence-corrected chi connectivity index (χ0v) is 6.87. The molecule has 0 aliphatic rings. The molecule has 1 rings (SSSR count). The SMILES string of the molecule is COc1ccc(C=O)c(C#N)c1F. The first-order valence-electron chi connectivity index (χ1n) is 3.46. The molecule has 1 aromatic rings. The molecule has 0 amide bonds. The van der Waals surface area contributed by atoms with Crippen molar-refractivity contribution in [2.45, 2.75) is 0 Å². The Morgan fingerprint density at radius 1 is 1.62 bits per heavy atom. The van der Waals surface area contributed by atoms with E-state index in [2.05, 4.69) is 4.74 Å². The van der Waals surface area contributed by atoms with Crippen LogP contribution >= 0.6 is 0 Å². The number of carbonyl (C=O) groups is 1. The predicted molar refractivity (Wildman–Crippen MR) is 43.1 cm³/mol. The smallest absolute Gasteiger partial charge is 0.183 e. The van der Waals surface area contributed by atoms with E-state index in [1.54, 1.807) is 6.07 Å². The van der Waals surface area contributed by atoms with E-state index in [9.17, 15) is 9.18 Å². The molecule has 0 spiro atoms. The summed E-state index contributed by atoms with van der Waals surface area (Å²) in [5.41, 5.74) is -0.254. The zero-order valence-electron chi connectivity index (χ0n) is 6.87. The van der Waals surface area contributed by atoms with Gasteiger partial charge in [0.2, 0.25) is 0 Å². The Balaban J connectivity index is 3.42. The molecule has 0 N–H and O–H groups in total. The third-order valence-corrected chi connectivity index (χ3v) is 1.60. The number of rotatable bonds is 2. The molecule has 0 aliphatic carbocycles. The van der Waals surface area contributed by atoms with E-state index in [1.165, 1.54) is 19.2 Å². The minimum atomic E-state index is -0.797. The number of nitrogens with zero attached hydrogens (tertiary/aromatic N) is 1. The summed E-state index contributed by atoms with van der Waals surface area (Å²) in [6.45, 7) is 0. The lowest BCUT2D eigenvalue weighted by Gasteiger charge is -2.03. The first-order chi connectivity index (χ1) is 6.24. The van der Waals surface area contributed by atoms with Gasteiger partial charge in [-0.2, -0.15) is 5.26 Å². The van der Waals surface area contributed by atoms with Gasteiger partial charge < -0.3 is 4.74 Å². The molecule has 0 bridgehead atoms. The van der Waals surface area contributed by atoms with E-state index in [4.69, 9.17) is 5.26 Å². The lowest BCUT2D eigenvalue weighted by molar-refractivity contribution is 0.112. The minimum Gasteiger partial charge on any atom is -0.494 e. The third-order valence-electron chi connectivity index (χ3n) is 1.60. The Labute approximate surface area is 74.4 Å². The van der Waals surface area contributed by atoms with E-state index in [0.29, 0.717) is 6.29 Å². The van der Waals surface area contributed by atoms with Crippen LogP contribution in [0.5, 0.6) is 5.75 Å². The molecule has 4 heteroatoms. The highest BCUT2D eigenvalue weighted by molar-refractivity contribution is 5.79. The van der Waals surface area contributed by atoms with Crippen LogP contribution in [0.3, 0.4) is 0 Å². The van der Waals surface area contributed by atoms with Gasteiger partial charge in [0, 0.05) is 5.56 Å². The van der Waals surface area contributed by atoms with Gasteiger partial charge in [-0.15, -0.1) is 0 Å². The normalized spacial score (nSPS) is 9.00. The fourth-order valence-corrected chi connectivity index (χ4v) is 0.941. The summed E-state index contributed by atoms with van der Waals surface area (Å²) in [4.78, 5) is 10.4. The Bertz CT molecular complexity index is 382. The lowest BCUT2D eigenvalue weighted by atomic mass is 10.1. The molecule has 0 aromatic heterocycles. The lowest BCUT2D eigenvalue weighted by Crippen LogP contribution is -1.96. The van der Waals surface area contributed by atoms with Crippen LogP contribution in [-0.4, -0.2) is 13.4 Å². The van der Waals surface area contributed by atoms with Crippen LogP contribution in [0.2, 0.25) is 0 Å². The number of hydrogen-bond acceptors (Lipinski definition) is 3. The van der Waals surface area contributed by atoms with Gasteiger partial charge >= 0.3 is 0 Å². The largest absolute Gasteiger partial charge is 0.494 e. The van der Waals surface area contributed by atoms with Gasteiger partial charge in [-0.25, -0.2) is 4.39 Å². The van der Waals surface area contributed by atoms with Crippen molar-refractivity contribution < 1.29 is 13.9 Å². The minimum absolute atomic E-state index is 0.0285. The quantitative estimate of drug-likeness (QED) is 0.646. The highest BCUT2D eigenvalue weighted by Gasteiger charge is 2.12. The van der Waals surface area contributed by atoms with Crippen molar-refractivity contribution >= 4 is 6.29 Å². The van der Waals surface area contributed by atoms with Crippen LogP contribution < -0.4 is 4.74 Å². The average molecular weight is 179 g/mol. The molecule has 0 fully saturated rings. The van der Waals surface area contributed by atoms with Crippen molar-refractivity contribution in [3.63, 3.8) is 0 Å². The number of ether oxygens (including phenoxy) is 1. The Hall–Kier alpha value is -1.89. The van der Waals surface area contributed by atoms with Crippen LogP contribution in [0, 0.1) is 17.1 Å². The maximum atomic E-state index is 13.2. The van der Waals surface area contributed by atoms with E-state index < -0.39 is 5.82 Å². The summed E-state index contributed by atoms with van der Waals surface area (Å²) in [6.07, 6.45) is 0.432. The van der Waals surface area contributed by atoms with Gasteiger partial charge in [0.05, 0.1) is 7.11 Å². The van der Waals surface area contributed by atoms with Crippen LogP contribution in [0.25, 0.3) is 0 Å². The first-order valence-corrected chi connectivity index (χ1v) is 3.46.